The fraction of sp³-hybridized carbons (Fsp3) is 0.316. The molecule has 0 unspecified atom stereocenters. The van der Waals surface area contributed by atoms with Crippen molar-refractivity contribution in [1.82, 2.24) is 19.3 Å². The van der Waals surface area contributed by atoms with E-state index in [1.54, 1.807) is 46.4 Å². The first-order valence-electron chi connectivity index (χ1n) is 8.65. The minimum absolute atomic E-state index is 0.0868. The third-order valence-corrected chi connectivity index (χ3v) is 4.21. The summed E-state index contributed by atoms with van der Waals surface area (Å²) in [6.45, 7) is 0.0440. The highest BCUT2D eigenvalue weighted by molar-refractivity contribution is 5.77. The number of imidazole rings is 1. The largest absolute Gasteiger partial charge is 0.396 e. The maximum absolute atomic E-state index is 13.1. The zero-order chi connectivity index (χ0) is 19.2. The van der Waals surface area contributed by atoms with Gasteiger partial charge in [0.05, 0.1) is 23.3 Å². The molecule has 0 saturated heterocycles. The molecular weight excluding hydrogens is 346 g/mol. The highest BCUT2D eigenvalue weighted by Gasteiger charge is 2.17. The van der Waals surface area contributed by atoms with Crippen molar-refractivity contribution in [3.05, 3.63) is 58.5 Å². The van der Waals surface area contributed by atoms with Crippen LogP contribution in [0.15, 0.2) is 41.8 Å². The molecule has 4 N–H and O–H groups in total. The van der Waals surface area contributed by atoms with Gasteiger partial charge in [-0.1, -0.05) is 11.8 Å². The zero-order valence-electron chi connectivity index (χ0n) is 14.7. The first-order chi connectivity index (χ1) is 13.2. The van der Waals surface area contributed by atoms with Crippen LogP contribution in [-0.4, -0.2) is 49.3 Å². The van der Waals surface area contributed by atoms with E-state index in [2.05, 4.69) is 21.8 Å². The summed E-state index contributed by atoms with van der Waals surface area (Å²) >= 11 is 0. The van der Waals surface area contributed by atoms with Crippen LogP contribution in [0.3, 0.4) is 0 Å². The van der Waals surface area contributed by atoms with Crippen molar-refractivity contribution in [1.29, 1.82) is 0 Å². The summed E-state index contributed by atoms with van der Waals surface area (Å²) in [4.78, 5) is 21.5. The topological polar surface area (TPSA) is 119 Å². The second kappa shape index (κ2) is 8.60. The molecule has 3 aromatic heterocycles. The van der Waals surface area contributed by atoms with E-state index < -0.39 is 5.92 Å². The van der Waals surface area contributed by atoms with Crippen molar-refractivity contribution in [3.63, 3.8) is 0 Å². The van der Waals surface area contributed by atoms with Crippen LogP contribution in [0.2, 0.25) is 0 Å². The quantitative estimate of drug-likeness (QED) is 0.517. The molecule has 3 heterocycles. The van der Waals surface area contributed by atoms with Gasteiger partial charge in [-0.05, 0) is 25.1 Å². The maximum atomic E-state index is 13.1. The van der Waals surface area contributed by atoms with E-state index >= 15 is 0 Å². The molecule has 0 radical (unpaired) electrons. The molecule has 0 bridgehead atoms. The predicted octanol–water partition coefficient (Wildman–Crippen LogP) is -0.252. The Morgan fingerprint density at radius 1 is 1.30 bits per heavy atom. The summed E-state index contributed by atoms with van der Waals surface area (Å²) in [5.74, 6) is 5.42. The average Bonchev–Trinajstić information content (AvgIpc) is 3.21. The Morgan fingerprint density at radius 3 is 2.81 bits per heavy atom. The molecule has 8 nitrogen and oxygen atoms in total. The van der Waals surface area contributed by atoms with Gasteiger partial charge in [0.2, 0.25) is 5.43 Å². The molecule has 0 aromatic carbocycles. The number of hydrogen-bond acceptors (Lipinski definition) is 6. The minimum atomic E-state index is -0.411. The van der Waals surface area contributed by atoms with E-state index in [9.17, 15) is 9.90 Å². The van der Waals surface area contributed by atoms with Crippen LogP contribution in [0.1, 0.15) is 17.7 Å². The molecule has 0 aliphatic carbocycles. The van der Waals surface area contributed by atoms with Gasteiger partial charge in [-0.15, -0.1) is 0 Å². The second-order valence-electron chi connectivity index (χ2n) is 5.98. The van der Waals surface area contributed by atoms with Crippen LogP contribution < -0.4 is 11.2 Å². The van der Waals surface area contributed by atoms with Gasteiger partial charge in [0.15, 0.2) is 5.65 Å². The summed E-state index contributed by atoms with van der Waals surface area (Å²) in [5, 5.41) is 18.9. The monoisotopic (exact) mass is 367 g/mol. The van der Waals surface area contributed by atoms with Gasteiger partial charge >= 0.3 is 0 Å². The Bertz CT molecular complexity index is 1030. The molecule has 3 aromatic rings. The molecule has 1 atom stereocenters. The number of fused-ring (bicyclic) bond motifs is 1. The average molecular weight is 367 g/mol. The molecular formula is C19H21N5O3. The van der Waals surface area contributed by atoms with Gasteiger partial charge in [0, 0.05) is 37.5 Å². The molecule has 0 aliphatic rings. The number of rotatable bonds is 6. The number of aliphatic hydroxyl groups excluding tert-OH is 2. The third-order valence-electron chi connectivity index (χ3n) is 4.21. The maximum Gasteiger partial charge on any atom is 0.207 e. The second-order valence-corrected chi connectivity index (χ2v) is 5.98. The normalized spacial score (nSPS) is 12.0. The highest BCUT2D eigenvalue weighted by Crippen LogP contribution is 2.15. The van der Waals surface area contributed by atoms with Crippen molar-refractivity contribution in [2.45, 2.75) is 12.8 Å². The molecule has 0 aliphatic heterocycles. The molecule has 8 heteroatoms. The van der Waals surface area contributed by atoms with E-state index in [1.165, 1.54) is 0 Å². The van der Waals surface area contributed by atoms with Gasteiger partial charge in [-0.2, -0.15) is 0 Å². The highest BCUT2D eigenvalue weighted by atomic mass is 16.3. The van der Waals surface area contributed by atoms with Crippen molar-refractivity contribution < 1.29 is 10.2 Å². The fourth-order valence-corrected chi connectivity index (χ4v) is 2.90. The van der Waals surface area contributed by atoms with E-state index in [0.717, 1.165) is 0 Å². The molecule has 0 amide bonds. The Kier molecular flexibility index (Phi) is 5.98. The summed E-state index contributed by atoms with van der Waals surface area (Å²) in [5.41, 5.74) is 6.99. The van der Waals surface area contributed by atoms with Crippen molar-refractivity contribution in [3.8, 4) is 11.8 Å². The Hall–Kier alpha value is -2.99. The van der Waals surface area contributed by atoms with Crippen LogP contribution >= 0.6 is 0 Å². The Labute approximate surface area is 155 Å². The van der Waals surface area contributed by atoms with E-state index in [-0.39, 0.29) is 18.6 Å². The molecule has 0 saturated carbocycles. The van der Waals surface area contributed by atoms with E-state index in [1.807, 2.05) is 0 Å². The van der Waals surface area contributed by atoms with E-state index in [4.69, 9.17) is 10.8 Å². The molecule has 3 rings (SSSR count). The smallest absolute Gasteiger partial charge is 0.207 e. The third kappa shape index (κ3) is 3.75. The van der Waals surface area contributed by atoms with Gasteiger partial charge in [-0.3, -0.25) is 4.79 Å². The van der Waals surface area contributed by atoms with Crippen molar-refractivity contribution >= 4 is 11.0 Å². The summed E-state index contributed by atoms with van der Waals surface area (Å²) < 4.78 is 3.50. The lowest BCUT2D eigenvalue weighted by atomic mass is 10.0. The zero-order valence-corrected chi connectivity index (χ0v) is 14.7. The number of pyridine rings is 2. The van der Waals surface area contributed by atoms with Gasteiger partial charge in [-0.25, -0.2) is 19.3 Å². The lowest BCUT2D eigenvalue weighted by Crippen LogP contribution is -2.25. The lowest BCUT2D eigenvalue weighted by molar-refractivity contribution is 0.212. The van der Waals surface area contributed by atoms with Gasteiger partial charge in [0.1, 0.15) is 6.33 Å². The Morgan fingerprint density at radius 2 is 2.15 bits per heavy atom. The summed E-state index contributed by atoms with van der Waals surface area (Å²) in [6.07, 6.45) is 7.36. The Balaban J connectivity index is 2.33. The minimum Gasteiger partial charge on any atom is -0.396 e. The first kappa shape index (κ1) is 18.8. The van der Waals surface area contributed by atoms with Crippen LogP contribution in [0, 0.1) is 17.8 Å². The standard InChI is InChI=1S/C19H21N5O3/c20-7-5-17-15(4-3-14(12-26)6-11-25)18(27)16-2-1-8-22-19(16)24(17)23-10-9-21-13-23/h1-2,8-10,13-14,25-26H,5-7,11-12,20H2/t14-/m0/s1. The van der Waals surface area contributed by atoms with Gasteiger partial charge < -0.3 is 15.9 Å². The number of aliphatic hydroxyl groups is 2. The molecule has 0 spiro atoms. The lowest BCUT2D eigenvalue weighted by Gasteiger charge is -2.18. The van der Waals surface area contributed by atoms with E-state index in [0.29, 0.717) is 41.7 Å². The van der Waals surface area contributed by atoms with Crippen molar-refractivity contribution in [2.75, 3.05) is 19.8 Å². The fourth-order valence-electron chi connectivity index (χ4n) is 2.90. The van der Waals surface area contributed by atoms with Crippen LogP contribution in [0.5, 0.6) is 0 Å². The molecule has 27 heavy (non-hydrogen) atoms. The number of hydrogen-bond donors (Lipinski definition) is 3. The predicted molar refractivity (Wildman–Crippen MR) is 101 cm³/mol. The van der Waals surface area contributed by atoms with Gasteiger partial charge in [0.25, 0.3) is 0 Å². The number of aromatic nitrogens is 4. The van der Waals surface area contributed by atoms with Crippen LogP contribution in [0.4, 0.5) is 0 Å². The van der Waals surface area contributed by atoms with Crippen LogP contribution in [-0.2, 0) is 6.42 Å². The molecule has 140 valence electrons. The SMILES string of the molecule is NCCc1c(C#C[C@H](CO)CCO)c(=O)c2cccnc2n1-n1ccnc1. The first-order valence-corrected chi connectivity index (χ1v) is 8.65. The number of nitrogens with zero attached hydrogens (tertiary/aromatic N) is 4. The van der Waals surface area contributed by atoms with Crippen molar-refractivity contribution in [2.24, 2.45) is 11.7 Å². The summed E-state index contributed by atoms with van der Waals surface area (Å²) in [7, 11) is 0. The summed E-state index contributed by atoms with van der Waals surface area (Å²) in [6, 6.07) is 3.40. The number of nitrogens with two attached hydrogens (primary N) is 1. The van der Waals surface area contributed by atoms with Crippen LogP contribution in [0.25, 0.3) is 11.0 Å². The molecule has 0 fully saturated rings.